The first kappa shape index (κ1) is 66.2. The monoisotopic (exact) mass is 1130 g/mol. The predicted octanol–water partition coefficient (Wildman–Crippen LogP) is 11.5. The number of carbonyl (C=O) groups is 3. The molecule has 1 aliphatic carbocycles. The summed E-state index contributed by atoms with van der Waals surface area (Å²) in [4.78, 5) is 58.1. The first-order valence-corrected chi connectivity index (χ1v) is 27.6. The third-order valence-electron chi connectivity index (χ3n) is 12.0. The van der Waals surface area contributed by atoms with Crippen molar-refractivity contribution in [1.82, 2.24) is 0 Å². The zero-order valence-corrected chi connectivity index (χ0v) is 45.0. The molecule has 1 saturated carbocycles. The van der Waals surface area contributed by atoms with Gasteiger partial charge in [-0.15, -0.1) is 0 Å². The van der Waals surface area contributed by atoms with Crippen LogP contribution in [0.5, 0.6) is 0 Å². The van der Waals surface area contributed by atoms with Gasteiger partial charge in [-0.1, -0.05) is 189 Å². The van der Waals surface area contributed by atoms with E-state index < -0.39 is 56.8 Å². The molecule has 65 heavy (non-hydrogen) atoms. The van der Waals surface area contributed by atoms with Crippen LogP contribution < -0.4 is 11.5 Å². The van der Waals surface area contributed by atoms with Crippen molar-refractivity contribution in [2.75, 3.05) is 19.8 Å². The molecule has 0 saturated heterocycles. The van der Waals surface area contributed by atoms with Crippen LogP contribution >= 0.6 is 7.60 Å². The van der Waals surface area contributed by atoms with E-state index in [0.717, 1.165) is 70.6 Å². The number of carbonyl (C=O) groups excluding carboxylic acids is 3. The van der Waals surface area contributed by atoms with Crippen molar-refractivity contribution in [2.45, 2.75) is 277 Å². The summed E-state index contributed by atoms with van der Waals surface area (Å²) in [6.45, 7) is 9.23. The minimum atomic E-state index is -5.08. The molecule has 5 atom stereocenters. The summed E-state index contributed by atoms with van der Waals surface area (Å²) < 4.78 is 34.3. The average molecular weight is 1130 g/mol. The molecule has 0 spiro atoms. The number of unbranched alkanes of at least 4 members (excludes halogenated alkanes) is 22. The Morgan fingerprint density at radius 2 is 0.954 bits per heavy atom. The second-order valence-corrected chi connectivity index (χ2v) is 21.3. The SMILES string of the molecule is CCCCCCCCCCCCCC(=O)OC[C@H](COC(CO)C(OC(=O)CCCCCC(C)(C)C)P(=O)(O)O)OC(=O)CCCCCCCCCCCCC.N[C@@H]1CCCC[C@@H]1N.[Pt]. The van der Waals surface area contributed by atoms with Crippen molar-refractivity contribution < 1.29 is 73.9 Å². The van der Waals surface area contributed by atoms with Crippen LogP contribution in [0.15, 0.2) is 0 Å². The Kier molecular flexibility index (Phi) is 43.9. The Bertz CT molecular complexity index is 1180. The summed E-state index contributed by atoms with van der Waals surface area (Å²) in [6.07, 6.45) is 30.9. The number of hydrogen-bond donors (Lipinski definition) is 5. The molecule has 0 aromatic rings. The van der Waals surface area contributed by atoms with Crippen LogP contribution in [0.4, 0.5) is 0 Å². The summed E-state index contributed by atoms with van der Waals surface area (Å²) in [7, 11) is -5.08. The molecule has 0 bridgehead atoms. The van der Waals surface area contributed by atoms with Crippen molar-refractivity contribution in [1.29, 1.82) is 0 Å². The van der Waals surface area contributed by atoms with Crippen molar-refractivity contribution in [3.05, 3.63) is 0 Å². The standard InChI is InChI=1S/C44H85O11P.C6H14N2.Pt/c1-6-8-10-12-14-16-18-20-22-24-27-31-40(46)53-37-38(54-41(47)32-28-25-23-21-19-17-15-13-11-9-7-2)36-52-39(35-45)43(56(49,50)51)55-42(48)33-29-26-30-34-44(3,4)5;7-5-3-1-2-4-6(5)8;/h38-39,43,45H,6-37H2,1-5H3,(H2,49,50,51);5-6H,1-4,7-8H2;/t38-,39?,43?;5-,6+;/m0../s1. The zero-order chi connectivity index (χ0) is 47.9. The number of esters is 3. The van der Waals surface area contributed by atoms with Crippen LogP contribution in [0.2, 0.25) is 0 Å². The molecular weight excluding hydrogens is 1030 g/mol. The van der Waals surface area contributed by atoms with Crippen LogP contribution in [0.3, 0.4) is 0 Å². The third-order valence-corrected chi connectivity index (χ3v) is 13.1. The first-order valence-electron chi connectivity index (χ1n) is 25.9. The second-order valence-electron chi connectivity index (χ2n) is 19.6. The largest absolute Gasteiger partial charge is 0.462 e. The van der Waals surface area contributed by atoms with Gasteiger partial charge < -0.3 is 45.3 Å². The Morgan fingerprint density at radius 1 is 0.585 bits per heavy atom. The maximum atomic E-state index is 12.8. The zero-order valence-electron chi connectivity index (χ0n) is 41.9. The van der Waals surface area contributed by atoms with Gasteiger partial charge in [0.05, 0.1) is 13.2 Å². The predicted molar refractivity (Wildman–Crippen MR) is 259 cm³/mol. The summed E-state index contributed by atoms with van der Waals surface area (Å²) >= 11 is 0. The van der Waals surface area contributed by atoms with Crippen LogP contribution in [0.1, 0.15) is 247 Å². The number of aliphatic hydroxyl groups is 1. The van der Waals surface area contributed by atoms with Gasteiger partial charge in [-0.25, -0.2) is 0 Å². The van der Waals surface area contributed by atoms with Gasteiger partial charge in [-0.3, -0.25) is 18.9 Å². The first-order chi connectivity index (χ1) is 30.5. The number of aliphatic hydroxyl groups excluding tert-OH is 1. The van der Waals surface area contributed by atoms with Crippen LogP contribution in [0, 0.1) is 5.41 Å². The molecule has 0 radical (unpaired) electrons. The minimum absolute atomic E-state index is 0. The number of ether oxygens (including phenoxy) is 4. The van der Waals surface area contributed by atoms with Crippen molar-refractivity contribution in [3.8, 4) is 0 Å². The Morgan fingerprint density at radius 3 is 1.32 bits per heavy atom. The molecule has 2 unspecified atom stereocenters. The van der Waals surface area contributed by atoms with Crippen LogP contribution in [-0.2, 0) is 59.0 Å². The van der Waals surface area contributed by atoms with E-state index in [1.165, 1.54) is 103 Å². The van der Waals surface area contributed by atoms with Crippen molar-refractivity contribution >= 4 is 25.5 Å². The molecule has 1 rings (SSSR count). The Labute approximate surface area is 410 Å². The topological polar surface area (TPSA) is 218 Å². The fourth-order valence-electron chi connectivity index (χ4n) is 7.79. The fraction of sp³-hybridized carbons (Fsp3) is 0.940. The number of nitrogens with two attached hydrogens (primary N) is 2. The summed E-state index contributed by atoms with van der Waals surface area (Å²) in [6, 6.07) is 0.562. The van der Waals surface area contributed by atoms with Gasteiger partial charge in [0, 0.05) is 52.4 Å². The van der Waals surface area contributed by atoms with E-state index in [4.69, 9.17) is 30.4 Å². The number of rotatable bonds is 39. The molecule has 0 aromatic carbocycles. The van der Waals surface area contributed by atoms with Crippen molar-refractivity contribution in [3.63, 3.8) is 0 Å². The van der Waals surface area contributed by atoms with E-state index in [-0.39, 0.29) is 64.4 Å². The minimum Gasteiger partial charge on any atom is -0.462 e. The molecule has 390 valence electrons. The molecule has 7 N–H and O–H groups in total. The molecule has 13 nitrogen and oxygen atoms in total. The molecule has 15 heteroatoms. The third kappa shape index (κ3) is 41.8. The number of hydrogen-bond acceptors (Lipinski definition) is 11. The van der Waals surface area contributed by atoms with E-state index in [1.54, 1.807) is 0 Å². The van der Waals surface area contributed by atoms with Gasteiger partial charge in [0.1, 0.15) is 12.7 Å². The quantitative estimate of drug-likeness (QED) is 0.0168. The van der Waals surface area contributed by atoms with Gasteiger partial charge in [0.25, 0.3) is 0 Å². The molecule has 1 aliphatic rings. The smallest absolute Gasteiger partial charge is 0.368 e. The van der Waals surface area contributed by atoms with Gasteiger partial charge in [-0.05, 0) is 43.9 Å². The molecule has 0 heterocycles. The second kappa shape index (κ2) is 43.1. The summed E-state index contributed by atoms with van der Waals surface area (Å²) in [5, 5.41) is 10.1. The Hall–Kier alpha value is -0.912. The van der Waals surface area contributed by atoms with E-state index in [2.05, 4.69) is 34.6 Å². The normalized spacial score (nSPS) is 16.6. The van der Waals surface area contributed by atoms with E-state index in [0.29, 0.717) is 19.3 Å². The Balaban J connectivity index is 0. The fourth-order valence-corrected chi connectivity index (χ4v) is 8.66. The summed E-state index contributed by atoms with van der Waals surface area (Å²) in [5.74, 6) is -3.79. The van der Waals surface area contributed by atoms with Gasteiger partial charge in [0.15, 0.2) is 6.10 Å². The molecule has 1 fully saturated rings. The van der Waals surface area contributed by atoms with E-state index >= 15 is 0 Å². The van der Waals surface area contributed by atoms with Gasteiger partial charge in [-0.2, -0.15) is 0 Å². The molecule has 0 amide bonds. The van der Waals surface area contributed by atoms with Gasteiger partial charge in [0.2, 0.25) is 5.85 Å². The van der Waals surface area contributed by atoms with Crippen molar-refractivity contribution in [2.24, 2.45) is 16.9 Å². The maximum absolute atomic E-state index is 12.8. The van der Waals surface area contributed by atoms with E-state index in [9.17, 15) is 33.8 Å². The molecular formula is C50H99N2O11PPt. The average Bonchev–Trinajstić information content (AvgIpc) is 3.23. The summed E-state index contributed by atoms with van der Waals surface area (Å²) in [5.41, 5.74) is 11.5. The maximum Gasteiger partial charge on any atom is 0.368 e. The van der Waals surface area contributed by atoms with Crippen LogP contribution in [0.25, 0.3) is 0 Å². The van der Waals surface area contributed by atoms with Crippen LogP contribution in [-0.4, -0.2) is 82.8 Å². The van der Waals surface area contributed by atoms with E-state index in [1.807, 2.05) is 0 Å². The van der Waals surface area contributed by atoms with Gasteiger partial charge >= 0.3 is 25.5 Å². The molecule has 0 aliphatic heterocycles. The molecule has 0 aromatic heterocycles.